The number of thioether (sulfide) groups is 1. The molecule has 3 nitrogen and oxygen atoms in total. The van der Waals surface area contributed by atoms with Crippen molar-refractivity contribution in [1.29, 1.82) is 0 Å². The van der Waals surface area contributed by atoms with Crippen molar-refractivity contribution in [2.24, 2.45) is 5.10 Å². The Morgan fingerprint density at radius 1 is 1.08 bits per heavy atom. The Morgan fingerprint density at radius 3 is 2.46 bits per heavy atom. The van der Waals surface area contributed by atoms with Gasteiger partial charge in [0.05, 0.1) is 11.8 Å². The quantitative estimate of drug-likeness (QED) is 0.477. The molecule has 1 amide bonds. The van der Waals surface area contributed by atoms with Gasteiger partial charge in [0.1, 0.15) is 0 Å². The van der Waals surface area contributed by atoms with Gasteiger partial charge in [-0.1, -0.05) is 36.4 Å². The van der Waals surface area contributed by atoms with E-state index in [2.05, 4.69) is 10.5 Å². The normalized spacial score (nSPS) is 11.6. The van der Waals surface area contributed by atoms with E-state index in [1.165, 1.54) is 30.0 Å². The number of hydrazone groups is 1. The summed E-state index contributed by atoms with van der Waals surface area (Å²) in [6.07, 6.45) is -3.23. The van der Waals surface area contributed by atoms with Crippen molar-refractivity contribution in [3.05, 3.63) is 65.7 Å². The molecule has 0 aliphatic carbocycles. The first kappa shape index (κ1) is 18.1. The minimum Gasteiger partial charge on any atom is -0.273 e. The molecule has 0 aliphatic rings. The van der Waals surface area contributed by atoms with Crippen LogP contribution in [0.3, 0.4) is 0 Å². The Morgan fingerprint density at radius 2 is 1.75 bits per heavy atom. The Balaban J connectivity index is 1.83. The van der Waals surface area contributed by atoms with Gasteiger partial charge in [-0.2, -0.15) is 18.3 Å². The summed E-state index contributed by atoms with van der Waals surface area (Å²) in [5.41, 5.74) is 1.36. The number of benzene rings is 2. The van der Waals surface area contributed by atoms with Gasteiger partial charge in [-0.05, 0) is 18.2 Å². The highest BCUT2D eigenvalue weighted by Gasteiger charge is 2.32. The number of carbonyl (C=O) groups excluding carboxylic acids is 1. The van der Waals surface area contributed by atoms with Gasteiger partial charge < -0.3 is 0 Å². The van der Waals surface area contributed by atoms with Crippen molar-refractivity contribution in [2.45, 2.75) is 17.5 Å². The van der Waals surface area contributed by atoms with Gasteiger partial charge in [0.25, 0.3) is 0 Å². The van der Waals surface area contributed by atoms with Crippen LogP contribution in [0.15, 0.2) is 64.6 Å². The Bertz CT molecular complexity index is 702. The van der Waals surface area contributed by atoms with Gasteiger partial charge in [0.2, 0.25) is 5.91 Å². The van der Waals surface area contributed by atoms with Crippen LogP contribution in [0.25, 0.3) is 0 Å². The molecule has 0 saturated carbocycles. The largest absolute Gasteiger partial charge is 0.417 e. The van der Waals surface area contributed by atoms with E-state index in [0.717, 1.165) is 17.2 Å². The lowest BCUT2D eigenvalue weighted by Gasteiger charge is -2.09. The van der Waals surface area contributed by atoms with Gasteiger partial charge in [-0.25, -0.2) is 5.43 Å². The SMILES string of the molecule is O=C(CCSc1ccccc1)N/N=C\c1ccccc1C(F)(F)F. The van der Waals surface area contributed by atoms with Crippen LogP contribution in [-0.4, -0.2) is 17.9 Å². The first-order chi connectivity index (χ1) is 11.5. The fourth-order valence-electron chi connectivity index (χ4n) is 1.88. The summed E-state index contributed by atoms with van der Waals surface area (Å²) in [4.78, 5) is 12.7. The molecular formula is C17H15F3N2OS. The van der Waals surface area contributed by atoms with E-state index >= 15 is 0 Å². The van der Waals surface area contributed by atoms with Crippen LogP contribution in [0.4, 0.5) is 13.2 Å². The maximum absolute atomic E-state index is 12.8. The second kappa shape index (κ2) is 8.54. The van der Waals surface area contributed by atoms with E-state index in [9.17, 15) is 18.0 Å². The molecule has 1 N–H and O–H groups in total. The van der Waals surface area contributed by atoms with Crippen molar-refractivity contribution < 1.29 is 18.0 Å². The molecule has 0 aromatic heterocycles. The fraction of sp³-hybridized carbons (Fsp3) is 0.176. The van der Waals surface area contributed by atoms with Crippen molar-refractivity contribution in [3.8, 4) is 0 Å². The predicted molar refractivity (Wildman–Crippen MR) is 89.0 cm³/mol. The molecule has 0 heterocycles. The molecule has 7 heteroatoms. The summed E-state index contributed by atoms with van der Waals surface area (Å²) in [5.74, 6) is 0.212. The minimum atomic E-state index is -4.46. The third-order valence-corrected chi connectivity index (χ3v) is 4.01. The highest BCUT2D eigenvalue weighted by atomic mass is 32.2. The molecular weight excluding hydrogens is 337 g/mol. The van der Waals surface area contributed by atoms with Crippen LogP contribution in [0.1, 0.15) is 17.5 Å². The molecule has 2 aromatic carbocycles. The molecule has 24 heavy (non-hydrogen) atoms. The highest BCUT2D eigenvalue weighted by Crippen LogP contribution is 2.31. The second-order valence-corrected chi connectivity index (χ2v) is 5.96. The summed E-state index contributed by atoms with van der Waals surface area (Å²) >= 11 is 1.52. The standard InChI is InChI=1S/C17H15F3N2OS/c18-17(19,20)15-9-5-4-6-13(15)12-21-22-16(23)10-11-24-14-7-2-1-3-8-14/h1-9,12H,10-11H2,(H,22,23)/b21-12-. The van der Waals surface area contributed by atoms with Gasteiger partial charge in [-0.15, -0.1) is 11.8 Å². The Labute approximate surface area is 142 Å². The zero-order chi connectivity index (χ0) is 17.4. The van der Waals surface area contributed by atoms with E-state index < -0.39 is 11.7 Å². The fourth-order valence-corrected chi connectivity index (χ4v) is 2.75. The maximum atomic E-state index is 12.8. The van der Waals surface area contributed by atoms with Crippen LogP contribution >= 0.6 is 11.8 Å². The Hall–Kier alpha value is -2.28. The molecule has 2 aromatic rings. The van der Waals surface area contributed by atoms with Crippen molar-refractivity contribution >= 4 is 23.9 Å². The molecule has 0 aliphatic heterocycles. The lowest BCUT2D eigenvalue weighted by atomic mass is 10.1. The van der Waals surface area contributed by atoms with E-state index in [4.69, 9.17) is 0 Å². The number of rotatable bonds is 6. The van der Waals surface area contributed by atoms with Crippen LogP contribution < -0.4 is 5.43 Å². The average Bonchev–Trinajstić information content (AvgIpc) is 2.55. The number of hydrogen-bond donors (Lipinski definition) is 1. The van der Waals surface area contributed by atoms with Crippen LogP contribution in [-0.2, 0) is 11.0 Å². The van der Waals surface area contributed by atoms with Crippen molar-refractivity contribution in [1.82, 2.24) is 5.43 Å². The Kier molecular flexibility index (Phi) is 6.43. The van der Waals surface area contributed by atoms with Gasteiger partial charge in [0, 0.05) is 22.6 Å². The van der Waals surface area contributed by atoms with Crippen LogP contribution in [0, 0.1) is 0 Å². The summed E-state index contributed by atoms with van der Waals surface area (Å²) in [6.45, 7) is 0. The zero-order valence-corrected chi connectivity index (χ0v) is 13.4. The highest BCUT2D eigenvalue weighted by molar-refractivity contribution is 7.99. The van der Waals surface area contributed by atoms with Crippen molar-refractivity contribution in [3.63, 3.8) is 0 Å². The van der Waals surface area contributed by atoms with Crippen LogP contribution in [0.2, 0.25) is 0 Å². The lowest BCUT2D eigenvalue weighted by Crippen LogP contribution is -2.18. The number of nitrogens with zero attached hydrogens (tertiary/aromatic N) is 1. The summed E-state index contributed by atoms with van der Waals surface area (Å²) in [7, 11) is 0. The van der Waals surface area contributed by atoms with Gasteiger partial charge >= 0.3 is 6.18 Å². The number of hydrogen-bond acceptors (Lipinski definition) is 3. The minimum absolute atomic E-state index is 0.0936. The predicted octanol–water partition coefficient (Wildman–Crippen LogP) is 4.34. The number of alkyl halides is 3. The average molecular weight is 352 g/mol. The van der Waals surface area contributed by atoms with E-state index in [1.807, 2.05) is 30.3 Å². The van der Waals surface area contributed by atoms with Gasteiger partial charge in [0.15, 0.2) is 0 Å². The molecule has 0 fully saturated rings. The first-order valence-corrected chi connectivity index (χ1v) is 8.11. The molecule has 126 valence electrons. The molecule has 0 spiro atoms. The topological polar surface area (TPSA) is 41.5 Å². The molecule has 0 bridgehead atoms. The van der Waals surface area contributed by atoms with E-state index in [1.54, 1.807) is 0 Å². The molecule has 0 radical (unpaired) electrons. The van der Waals surface area contributed by atoms with Crippen LogP contribution in [0.5, 0.6) is 0 Å². The smallest absolute Gasteiger partial charge is 0.273 e. The molecule has 2 rings (SSSR count). The number of halogens is 3. The maximum Gasteiger partial charge on any atom is 0.417 e. The zero-order valence-electron chi connectivity index (χ0n) is 12.6. The monoisotopic (exact) mass is 352 g/mol. The lowest BCUT2D eigenvalue weighted by molar-refractivity contribution is -0.137. The number of amides is 1. The van der Waals surface area contributed by atoms with Gasteiger partial charge in [-0.3, -0.25) is 4.79 Å². The summed E-state index contributed by atoms with van der Waals surface area (Å²) in [6, 6.07) is 14.7. The van der Waals surface area contributed by atoms with E-state index in [-0.39, 0.29) is 17.9 Å². The van der Waals surface area contributed by atoms with Crippen molar-refractivity contribution in [2.75, 3.05) is 5.75 Å². The van der Waals surface area contributed by atoms with E-state index in [0.29, 0.717) is 5.75 Å². The third kappa shape index (κ3) is 5.73. The second-order valence-electron chi connectivity index (χ2n) is 4.79. The number of nitrogens with one attached hydrogen (secondary N) is 1. The summed E-state index contributed by atoms with van der Waals surface area (Å²) in [5, 5.41) is 3.61. The molecule has 0 unspecified atom stereocenters. The number of carbonyl (C=O) groups is 1. The summed E-state index contributed by atoms with van der Waals surface area (Å²) < 4.78 is 38.4. The first-order valence-electron chi connectivity index (χ1n) is 7.13. The molecule has 0 saturated heterocycles. The molecule has 0 atom stereocenters. The third-order valence-electron chi connectivity index (χ3n) is 3.00.